The van der Waals surface area contributed by atoms with Crippen molar-refractivity contribution in [2.45, 2.75) is 44.6 Å². The van der Waals surface area contributed by atoms with E-state index in [0.29, 0.717) is 18.4 Å². The van der Waals surface area contributed by atoms with Crippen molar-refractivity contribution in [2.75, 3.05) is 16.8 Å². The zero-order valence-electron chi connectivity index (χ0n) is 14.4. The molecule has 0 unspecified atom stereocenters. The normalized spacial score (nSPS) is 21.0. The van der Waals surface area contributed by atoms with Gasteiger partial charge in [0.2, 0.25) is 5.91 Å². The van der Waals surface area contributed by atoms with E-state index in [2.05, 4.69) is 15.5 Å². The van der Waals surface area contributed by atoms with E-state index in [9.17, 15) is 4.79 Å². The lowest BCUT2D eigenvalue weighted by molar-refractivity contribution is -0.117. The van der Waals surface area contributed by atoms with Gasteiger partial charge in [-0.05, 0) is 49.4 Å². The number of nitrogens with one attached hydrogen (secondary N) is 1. The Kier molecular flexibility index (Phi) is 4.63. The average molecular weight is 336 g/mol. The van der Waals surface area contributed by atoms with E-state index in [-0.39, 0.29) is 5.91 Å². The van der Waals surface area contributed by atoms with Crippen LogP contribution in [-0.2, 0) is 11.2 Å². The Labute approximate surface area is 148 Å². The van der Waals surface area contributed by atoms with Crippen LogP contribution in [0.2, 0.25) is 0 Å². The van der Waals surface area contributed by atoms with Gasteiger partial charge in [0.1, 0.15) is 5.82 Å². The van der Waals surface area contributed by atoms with Gasteiger partial charge in [-0.1, -0.05) is 31.0 Å². The number of benzene rings is 1. The van der Waals surface area contributed by atoms with Crippen LogP contribution in [0.25, 0.3) is 0 Å². The molecule has 2 fully saturated rings. The number of amides is 1. The van der Waals surface area contributed by atoms with Crippen molar-refractivity contribution in [3.63, 3.8) is 0 Å². The topological polar surface area (TPSA) is 58.1 Å². The van der Waals surface area contributed by atoms with Crippen LogP contribution in [0, 0.1) is 5.92 Å². The molecule has 5 heteroatoms. The lowest BCUT2D eigenvalue weighted by atomic mass is 10.0. The number of carbonyl (C=O) groups excluding carboxylic acids is 1. The Morgan fingerprint density at radius 2 is 1.84 bits per heavy atom. The van der Waals surface area contributed by atoms with Gasteiger partial charge in [-0.2, -0.15) is 5.10 Å². The lowest BCUT2D eigenvalue weighted by Crippen LogP contribution is -2.24. The Bertz CT molecular complexity index is 710. The molecule has 4 rings (SSSR count). The van der Waals surface area contributed by atoms with Gasteiger partial charge in [-0.3, -0.25) is 4.79 Å². The molecule has 0 bridgehead atoms. The highest BCUT2D eigenvalue weighted by Gasteiger charge is 2.30. The van der Waals surface area contributed by atoms with Crippen molar-refractivity contribution in [3.05, 3.63) is 48.2 Å². The van der Waals surface area contributed by atoms with Gasteiger partial charge in [-0.15, -0.1) is 5.10 Å². The molecule has 0 spiro atoms. The van der Waals surface area contributed by atoms with Crippen molar-refractivity contribution >= 4 is 17.4 Å². The Hall–Kier alpha value is -2.43. The molecule has 1 N–H and O–H groups in total. The number of anilines is 2. The molecule has 1 aromatic carbocycles. The summed E-state index contributed by atoms with van der Waals surface area (Å²) in [6.07, 6.45) is 6.43. The number of hydrogen-bond donors (Lipinski definition) is 1. The van der Waals surface area contributed by atoms with Crippen molar-refractivity contribution in [2.24, 2.45) is 5.92 Å². The molecule has 5 nitrogen and oxygen atoms in total. The van der Waals surface area contributed by atoms with E-state index in [1.54, 1.807) is 0 Å². The van der Waals surface area contributed by atoms with Gasteiger partial charge in [0, 0.05) is 24.7 Å². The zero-order valence-corrected chi connectivity index (χ0v) is 14.4. The molecule has 130 valence electrons. The Balaban J connectivity index is 1.35. The molecule has 1 aliphatic heterocycles. The molecule has 1 saturated heterocycles. The minimum absolute atomic E-state index is 0.198. The third-order valence-electron chi connectivity index (χ3n) is 5.20. The summed E-state index contributed by atoms with van der Waals surface area (Å²) in [5.41, 5.74) is 1.95. The van der Waals surface area contributed by atoms with Gasteiger partial charge >= 0.3 is 0 Å². The first-order valence-electron chi connectivity index (χ1n) is 9.22. The first kappa shape index (κ1) is 16.1. The van der Waals surface area contributed by atoms with E-state index < -0.39 is 0 Å². The minimum Gasteiger partial charge on any atom is -0.366 e. The van der Waals surface area contributed by atoms with Crippen LogP contribution in [0.4, 0.5) is 11.5 Å². The summed E-state index contributed by atoms with van der Waals surface area (Å²) in [6.45, 7) is 0.757. The molecule has 2 aliphatic rings. The third-order valence-corrected chi connectivity index (χ3v) is 5.20. The van der Waals surface area contributed by atoms with Crippen LogP contribution in [0.15, 0.2) is 42.5 Å². The van der Waals surface area contributed by atoms with Crippen molar-refractivity contribution in [1.29, 1.82) is 0 Å². The summed E-state index contributed by atoms with van der Waals surface area (Å²) in [5, 5.41) is 12.1. The minimum atomic E-state index is 0.198. The highest BCUT2D eigenvalue weighted by atomic mass is 16.2. The largest absolute Gasteiger partial charge is 0.366 e. The van der Waals surface area contributed by atoms with E-state index in [1.165, 1.54) is 25.7 Å². The number of para-hydroxylation sites is 1. The first-order chi connectivity index (χ1) is 12.3. The molecule has 25 heavy (non-hydrogen) atoms. The molecular weight excluding hydrogens is 312 g/mol. The van der Waals surface area contributed by atoms with Gasteiger partial charge in [0.15, 0.2) is 0 Å². The summed E-state index contributed by atoms with van der Waals surface area (Å²) in [4.78, 5) is 14.2. The number of rotatable bonds is 5. The number of hydrogen-bond acceptors (Lipinski definition) is 4. The fraction of sp³-hybridized carbons (Fsp3) is 0.450. The van der Waals surface area contributed by atoms with Gasteiger partial charge in [-0.25, -0.2) is 0 Å². The maximum Gasteiger partial charge on any atom is 0.227 e. The summed E-state index contributed by atoms with van der Waals surface area (Å²) in [5.74, 6) is 1.36. The quantitative estimate of drug-likeness (QED) is 0.909. The summed E-state index contributed by atoms with van der Waals surface area (Å²) < 4.78 is 0. The summed E-state index contributed by atoms with van der Waals surface area (Å²) in [6, 6.07) is 14.5. The molecule has 1 atom stereocenters. The van der Waals surface area contributed by atoms with Crippen LogP contribution in [0.1, 0.15) is 37.8 Å². The van der Waals surface area contributed by atoms with Crippen LogP contribution in [-0.4, -0.2) is 28.7 Å². The van der Waals surface area contributed by atoms with Crippen LogP contribution >= 0.6 is 0 Å². The van der Waals surface area contributed by atoms with E-state index in [0.717, 1.165) is 30.2 Å². The predicted molar refractivity (Wildman–Crippen MR) is 98.5 cm³/mol. The lowest BCUT2D eigenvalue weighted by Gasteiger charge is -2.16. The summed E-state index contributed by atoms with van der Waals surface area (Å²) >= 11 is 0. The maximum absolute atomic E-state index is 12.3. The number of carbonyl (C=O) groups is 1. The Morgan fingerprint density at radius 1 is 1.04 bits per heavy atom. The smallest absolute Gasteiger partial charge is 0.227 e. The number of aromatic nitrogens is 2. The van der Waals surface area contributed by atoms with Crippen molar-refractivity contribution < 1.29 is 4.79 Å². The molecule has 1 saturated carbocycles. The highest BCUT2D eigenvalue weighted by Crippen LogP contribution is 2.27. The summed E-state index contributed by atoms with van der Waals surface area (Å²) in [7, 11) is 0. The van der Waals surface area contributed by atoms with Crippen LogP contribution in [0.3, 0.4) is 0 Å². The van der Waals surface area contributed by atoms with Gasteiger partial charge in [0.25, 0.3) is 0 Å². The fourth-order valence-corrected chi connectivity index (χ4v) is 3.90. The molecule has 1 aromatic heterocycles. The molecule has 0 radical (unpaired) electrons. The molecule has 1 aliphatic carbocycles. The van der Waals surface area contributed by atoms with Gasteiger partial charge < -0.3 is 10.2 Å². The van der Waals surface area contributed by atoms with E-state index in [4.69, 9.17) is 0 Å². The molecule has 1 amide bonds. The monoisotopic (exact) mass is 336 g/mol. The second kappa shape index (κ2) is 7.21. The van der Waals surface area contributed by atoms with Crippen molar-refractivity contribution in [3.8, 4) is 0 Å². The molecular formula is C20H24N4O. The van der Waals surface area contributed by atoms with Gasteiger partial charge in [0.05, 0.1) is 5.69 Å². The third kappa shape index (κ3) is 3.81. The van der Waals surface area contributed by atoms with Crippen molar-refractivity contribution in [1.82, 2.24) is 10.2 Å². The fourth-order valence-electron chi connectivity index (χ4n) is 3.90. The Morgan fingerprint density at radius 3 is 2.56 bits per heavy atom. The van der Waals surface area contributed by atoms with Crippen LogP contribution < -0.4 is 10.2 Å². The van der Waals surface area contributed by atoms with E-state index in [1.807, 2.05) is 47.4 Å². The maximum atomic E-state index is 12.3. The first-order valence-corrected chi connectivity index (χ1v) is 9.22. The highest BCUT2D eigenvalue weighted by molar-refractivity contribution is 5.95. The molecule has 2 aromatic rings. The number of nitrogens with zero attached hydrogens (tertiary/aromatic N) is 3. The average Bonchev–Trinajstić information content (AvgIpc) is 3.27. The zero-order chi connectivity index (χ0) is 17.1. The second-order valence-electron chi connectivity index (χ2n) is 7.15. The van der Waals surface area contributed by atoms with E-state index >= 15 is 0 Å². The standard InChI is InChI=1S/C20H24N4O/c25-20-13-15(14-24(20)18-8-2-1-3-9-18)12-17-10-11-19(23-22-17)21-16-6-4-5-7-16/h1-3,8-11,15-16H,4-7,12-14H2,(H,21,23)/t15-/m1/s1. The SMILES string of the molecule is O=C1C[C@@H](Cc2ccc(NC3CCCC3)nn2)CN1c1ccccc1. The predicted octanol–water partition coefficient (Wildman–Crippen LogP) is 3.43. The molecule has 2 heterocycles. The van der Waals surface area contributed by atoms with Crippen LogP contribution in [0.5, 0.6) is 0 Å². The second-order valence-corrected chi connectivity index (χ2v) is 7.15.